The summed E-state index contributed by atoms with van der Waals surface area (Å²) >= 11 is 0. The monoisotopic (exact) mass is 295 g/mol. The number of carbonyl (C=O) groups excluding carboxylic acids is 1. The number of nitrogens with one attached hydrogen (secondary N) is 1. The van der Waals surface area contributed by atoms with Gasteiger partial charge in [0.1, 0.15) is 0 Å². The van der Waals surface area contributed by atoms with Gasteiger partial charge in [0.2, 0.25) is 5.91 Å². The highest BCUT2D eigenvalue weighted by molar-refractivity contribution is 5.96. The van der Waals surface area contributed by atoms with E-state index in [-0.39, 0.29) is 11.8 Å². The predicted molar refractivity (Wildman–Crippen MR) is 93.3 cm³/mol. The topological polar surface area (TPSA) is 29.1 Å². The van der Waals surface area contributed by atoms with Crippen molar-refractivity contribution in [3.63, 3.8) is 0 Å². The molecule has 2 aromatic carbocycles. The Balaban J connectivity index is 2.21. The van der Waals surface area contributed by atoms with Gasteiger partial charge in [0.05, 0.1) is 5.92 Å². The van der Waals surface area contributed by atoms with E-state index in [1.54, 1.807) is 0 Å². The molecule has 2 nitrogen and oxygen atoms in total. The number of rotatable bonds is 6. The van der Waals surface area contributed by atoms with Crippen molar-refractivity contribution in [2.75, 3.05) is 5.32 Å². The first kappa shape index (κ1) is 16.3. The lowest BCUT2D eigenvalue weighted by Gasteiger charge is -2.19. The van der Waals surface area contributed by atoms with Crippen LogP contribution in [0.4, 0.5) is 5.69 Å². The number of carbonyl (C=O) groups is 1. The third-order valence-electron chi connectivity index (χ3n) is 4.29. The number of hydrogen-bond donors (Lipinski definition) is 1. The van der Waals surface area contributed by atoms with E-state index in [4.69, 9.17) is 0 Å². The van der Waals surface area contributed by atoms with Crippen LogP contribution in [0.25, 0.3) is 0 Å². The van der Waals surface area contributed by atoms with Gasteiger partial charge in [0, 0.05) is 5.69 Å². The van der Waals surface area contributed by atoms with E-state index >= 15 is 0 Å². The van der Waals surface area contributed by atoms with Crippen LogP contribution in [0.5, 0.6) is 0 Å². The molecule has 116 valence electrons. The third kappa shape index (κ3) is 3.76. The SMILES string of the molecule is CC[C@H](C(=O)Nc1ccccc1[C@@H](C)CC)c1ccccc1. The minimum Gasteiger partial charge on any atom is -0.325 e. The smallest absolute Gasteiger partial charge is 0.231 e. The summed E-state index contributed by atoms with van der Waals surface area (Å²) in [6, 6.07) is 18.1. The van der Waals surface area contributed by atoms with Crippen LogP contribution in [0.15, 0.2) is 54.6 Å². The molecule has 0 radical (unpaired) electrons. The van der Waals surface area contributed by atoms with E-state index in [1.807, 2.05) is 48.5 Å². The van der Waals surface area contributed by atoms with Crippen molar-refractivity contribution < 1.29 is 4.79 Å². The first-order valence-electron chi connectivity index (χ1n) is 8.12. The maximum atomic E-state index is 12.7. The number of anilines is 1. The Hall–Kier alpha value is -2.09. The van der Waals surface area contributed by atoms with Crippen molar-refractivity contribution in [3.05, 3.63) is 65.7 Å². The highest BCUT2D eigenvalue weighted by Gasteiger charge is 2.20. The van der Waals surface area contributed by atoms with Crippen LogP contribution in [0.1, 0.15) is 56.6 Å². The van der Waals surface area contributed by atoms with Crippen molar-refractivity contribution in [2.24, 2.45) is 0 Å². The molecule has 0 aliphatic rings. The largest absolute Gasteiger partial charge is 0.325 e. The Morgan fingerprint density at radius 3 is 2.23 bits per heavy atom. The fraction of sp³-hybridized carbons (Fsp3) is 0.350. The molecule has 2 rings (SSSR count). The van der Waals surface area contributed by atoms with Gasteiger partial charge in [-0.05, 0) is 36.0 Å². The van der Waals surface area contributed by atoms with Crippen LogP contribution in [0.2, 0.25) is 0 Å². The molecule has 0 fully saturated rings. The molecule has 1 N–H and O–H groups in total. The Morgan fingerprint density at radius 2 is 1.59 bits per heavy atom. The summed E-state index contributed by atoms with van der Waals surface area (Å²) in [4.78, 5) is 12.7. The van der Waals surface area contributed by atoms with Gasteiger partial charge in [0.25, 0.3) is 0 Å². The van der Waals surface area contributed by atoms with Crippen molar-refractivity contribution in [3.8, 4) is 0 Å². The van der Waals surface area contributed by atoms with E-state index in [0.717, 1.165) is 24.1 Å². The molecule has 0 aliphatic carbocycles. The molecule has 1 amide bonds. The molecule has 2 heteroatoms. The number of hydrogen-bond acceptors (Lipinski definition) is 1. The van der Waals surface area contributed by atoms with Gasteiger partial charge < -0.3 is 5.32 Å². The zero-order valence-electron chi connectivity index (χ0n) is 13.7. The quantitative estimate of drug-likeness (QED) is 0.766. The molecular formula is C20H25NO. The van der Waals surface area contributed by atoms with Crippen LogP contribution >= 0.6 is 0 Å². The molecule has 0 unspecified atom stereocenters. The molecule has 0 aliphatic heterocycles. The normalized spacial score (nSPS) is 13.4. The van der Waals surface area contributed by atoms with Gasteiger partial charge in [-0.2, -0.15) is 0 Å². The second-order valence-corrected chi connectivity index (χ2v) is 5.76. The average molecular weight is 295 g/mol. The molecular weight excluding hydrogens is 270 g/mol. The molecule has 0 heterocycles. The second-order valence-electron chi connectivity index (χ2n) is 5.76. The van der Waals surface area contributed by atoms with E-state index in [1.165, 1.54) is 5.56 Å². The minimum atomic E-state index is -0.105. The summed E-state index contributed by atoms with van der Waals surface area (Å²) in [5, 5.41) is 3.14. The summed E-state index contributed by atoms with van der Waals surface area (Å²) in [6.07, 6.45) is 1.85. The highest BCUT2D eigenvalue weighted by Crippen LogP contribution is 2.28. The minimum absolute atomic E-state index is 0.0736. The molecule has 0 bridgehead atoms. The van der Waals surface area contributed by atoms with Gasteiger partial charge in [-0.15, -0.1) is 0 Å². The van der Waals surface area contributed by atoms with Crippen LogP contribution < -0.4 is 5.32 Å². The maximum Gasteiger partial charge on any atom is 0.231 e. The van der Waals surface area contributed by atoms with Crippen LogP contribution in [-0.4, -0.2) is 5.91 Å². The van der Waals surface area contributed by atoms with Crippen LogP contribution in [0.3, 0.4) is 0 Å². The fourth-order valence-corrected chi connectivity index (χ4v) is 2.74. The zero-order valence-corrected chi connectivity index (χ0v) is 13.7. The maximum absolute atomic E-state index is 12.7. The van der Waals surface area contributed by atoms with Crippen LogP contribution in [0, 0.1) is 0 Å². The van der Waals surface area contributed by atoms with Gasteiger partial charge in [0.15, 0.2) is 0 Å². The van der Waals surface area contributed by atoms with Crippen molar-refractivity contribution in [1.82, 2.24) is 0 Å². The Morgan fingerprint density at radius 1 is 0.955 bits per heavy atom. The van der Waals surface area contributed by atoms with E-state index in [2.05, 4.69) is 32.2 Å². The van der Waals surface area contributed by atoms with Gasteiger partial charge >= 0.3 is 0 Å². The molecule has 22 heavy (non-hydrogen) atoms. The summed E-state index contributed by atoms with van der Waals surface area (Å²) < 4.78 is 0. The van der Waals surface area contributed by atoms with Gasteiger partial charge in [-0.1, -0.05) is 69.3 Å². The van der Waals surface area contributed by atoms with Crippen molar-refractivity contribution in [2.45, 2.75) is 45.4 Å². The van der Waals surface area contributed by atoms with E-state index in [9.17, 15) is 4.79 Å². The molecule has 0 saturated heterocycles. The Kier molecular flexibility index (Phi) is 5.76. The molecule has 2 aromatic rings. The van der Waals surface area contributed by atoms with E-state index < -0.39 is 0 Å². The number of benzene rings is 2. The highest BCUT2D eigenvalue weighted by atomic mass is 16.1. The third-order valence-corrected chi connectivity index (χ3v) is 4.29. The average Bonchev–Trinajstić information content (AvgIpc) is 2.56. The second kappa shape index (κ2) is 7.79. The lowest BCUT2D eigenvalue weighted by molar-refractivity contribution is -0.117. The van der Waals surface area contributed by atoms with Crippen molar-refractivity contribution in [1.29, 1.82) is 0 Å². The summed E-state index contributed by atoms with van der Waals surface area (Å²) in [5.41, 5.74) is 3.22. The molecule has 2 atom stereocenters. The summed E-state index contributed by atoms with van der Waals surface area (Å²) in [7, 11) is 0. The lowest BCUT2D eigenvalue weighted by atomic mass is 9.94. The van der Waals surface area contributed by atoms with Crippen LogP contribution in [-0.2, 0) is 4.79 Å². The lowest BCUT2D eigenvalue weighted by Crippen LogP contribution is -2.21. The van der Waals surface area contributed by atoms with Crippen molar-refractivity contribution >= 4 is 11.6 Å². The predicted octanol–water partition coefficient (Wildman–Crippen LogP) is 5.33. The number of para-hydroxylation sites is 1. The standard InChI is InChI=1S/C20H25NO/c1-4-15(3)18-13-9-10-14-19(18)21-20(22)17(5-2)16-11-7-6-8-12-16/h6-15,17H,4-5H2,1-3H3,(H,21,22)/t15-,17-/m0/s1. The summed E-state index contributed by atoms with van der Waals surface area (Å²) in [5.74, 6) is 0.406. The van der Waals surface area contributed by atoms with E-state index in [0.29, 0.717) is 5.92 Å². The first-order valence-corrected chi connectivity index (χ1v) is 8.12. The summed E-state index contributed by atoms with van der Waals surface area (Å²) in [6.45, 7) is 6.42. The molecule has 0 saturated carbocycles. The number of amides is 1. The van der Waals surface area contributed by atoms with Gasteiger partial charge in [-0.3, -0.25) is 4.79 Å². The van der Waals surface area contributed by atoms with Gasteiger partial charge in [-0.25, -0.2) is 0 Å². The Bertz CT molecular complexity index is 606. The molecule has 0 aromatic heterocycles. The first-order chi connectivity index (χ1) is 10.7. The Labute approximate surface area is 133 Å². The molecule has 0 spiro atoms. The zero-order chi connectivity index (χ0) is 15.9. The fourth-order valence-electron chi connectivity index (χ4n) is 2.74.